The van der Waals surface area contributed by atoms with Gasteiger partial charge in [-0.3, -0.25) is 4.79 Å². The van der Waals surface area contributed by atoms with E-state index in [-0.39, 0.29) is 12.3 Å². The number of hydrogen-bond acceptors (Lipinski definition) is 2. The van der Waals surface area contributed by atoms with Crippen LogP contribution in [0.4, 0.5) is 0 Å². The van der Waals surface area contributed by atoms with E-state index in [1.54, 1.807) is 0 Å². The van der Waals surface area contributed by atoms with Gasteiger partial charge in [-0.15, -0.1) is 0 Å². The third-order valence-electron chi connectivity index (χ3n) is 3.36. The van der Waals surface area contributed by atoms with Gasteiger partial charge in [0.05, 0.1) is 6.07 Å². The molecule has 2 fully saturated rings. The van der Waals surface area contributed by atoms with E-state index in [2.05, 4.69) is 5.32 Å². The fourth-order valence-corrected chi connectivity index (χ4v) is 2.50. The van der Waals surface area contributed by atoms with Crippen LogP contribution in [0.25, 0.3) is 0 Å². The van der Waals surface area contributed by atoms with Crippen molar-refractivity contribution in [2.75, 3.05) is 0 Å². The highest BCUT2D eigenvalue weighted by molar-refractivity contribution is 5.78. The van der Waals surface area contributed by atoms with E-state index in [0.717, 1.165) is 6.42 Å². The number of rotatable bonds is 2. The van der Waals surface area contributed by atoms with E-state index < -0.39 is 0 Å². The summed E-state index contributed by atoms with van der Waals surface area (Å²) in [5.74, 6) is -0.101. The quantitative estimate of drug-likeness (QED) is 0.694. The van der Waals surface area contributed by atoms with Gasteiger partial charge in [-0.05, 0) is 24.7 Å². The summed E-state index contributed by atoms with van der Waals surface area (Å²) in [6, 6.07) is 2.25. The van der Waals surface area contributed by atoms with Crippen molar-refractivity contribution in [1.82, 2.24) is 5.32 Å². The van der Waals surface area contributed by atoms with Crippen LogP contribution in [0, 0.1) is 16.7 Å². The van der Waals surface area contributed by atoms with Gasteiger partial charge in [-0.2, -0.15) is 5.26 Å². The van der Waals surface area contributed by atoms with Crippen molar-refractivity contribution >= 4 is 5.91 Å². The van der Waals surface area contributed by atoms with Crippen LogP contribution in [-0.4, -0.2) is 11.9 Å². The van der Waals surface area contributed by atoms with Crippen LogP contribution >= 0.6 is 0 Å². The minimum atomic E-state index is -0.101. The van der Waals surface area contributed by atoms with Gasteiger partial charge in [-0.1, -0.05) is 12.8 Å². The van der Waals surface area contributed by atoms with E-state index in [1.807, 2.05) is 6.07 Å². The molecular weight excluding hydrogens is 164 g/mol. The molecule has 0 bridgehead atoms. The second kappa shape index (κ2) is 3.02. The lowest BCUT2D eigenvalue weighted by molar-refractivity contribution is -0.120. The van der Waals surface area contributed by atoms with Gasteiger partial charge in [-0.25, -0.2) is 0 Å². The fraction of sp³-hybridized carbons (Fsp3) is 0.800. The second-order valence-corrected chi connectivity index (χ2v) is 4.23. The minimum Gasteiger partial charge on any atom is -0.352 e. The zero-order chi connectivity index (χ0) is 9.31. The number of carbonyl (C=O) groups excluding carboxylic acids is 1. The second-order valence-electron chi connectivity index (χ2n) is 4.23. The molecular formula is C10H14N2O. The van der Waals surface area contributed by atoms with Crippen LogP contribution < -0.4 is 5.32 Å². The van der Waals surface area contributed by atoms with Crippen molar-refractivity contribution in [2.24, 2.45) is 5.41 Å². The molecule has 2 rings (SSSR count). The standard InChI is InChI=1S/C10H14N2O/c11-6-3-9(13)12-8-7-10(8)4-1-2-5-10/h8H,1-5,7H2,(H,12,13). The maximum absolute atomic E-state index is 11.1. The maximum Gasteiger partial charge on any atom is 0.234 e. The first-order valence-electron chi connectivity index (χ1n) is 4.93. The molecule has 1 N–H and O–H groups in total. The van der Waals surface area contributed by atoms with Gasteiger partial charge in [0.25, 0.3) is 0 Å². The lowest BCUT2D eigenvalue weighted by Gasteiger charge is -2.07. The number of hydrogen-bond donors (Lipinski definition) is 1. The highest BCUT2D eigenvalue weighted by Gasteiger charge is 2.55. The summed E-state index contributed by atoms with van der Waals surface area (Å²) in [6.07, 6.45) is 6.31. The highest BCUT2D eigenvalue weighted by atomic mass is 16.1. The summed E-state index contributed by atoms with van der Waals surface area (Å²) in [4.78, 5) is 11.1. The molecule has 0 aromatic rings. The maximum atomic E-state index is 11.1. The van der Waals surface area contributed by atoms with E-state index >= 15 is 0 Å². The monoisotopic (exact) mass is 178 g/mol. The van der Waals surface area contributed by atoms with Gasteiger partial charge >= 0.3 is 0 Å². The van der Waals surface area contributed by atoms with Crippen LogP contribution in [0.3, 0.4) is 0 Å². The molecule has 0 radical (unpaired) electrons. The van der Waals surface area contributed by atoms with E-state index in [0.29, 0.717) is 11.5 Å². The lowest BCUT2D eigenvalue weighted by atomic mass is 10.1. The predicted molar refractivity (Wildman–Crippen MR) is 47.7 cm³/mol. The summed E-state index contributed by atoms with van der Waals surface area (Å²) < 4.78 is 0. The van der Waals surface area contributed by atoms with Crippen molar-refractivity contribution < 1.29 is 4.79 Å². The molecule has 3 nitrogen and oxygen atoms in total. The van der Waals surface area contributed by atoms with Gasteiger partial charge in [0.15, 0.2) is 0 Å². The van der Waals surface area contributed by atoms with Crippen LogP contribution in [0.2, 0.25) is 0 Å². The third kappa shape index (κ3) is 1.53. The molecule has 0 heterocycles. The zero-order valence-corrected chi connectivity index (χ0v) is 7.68. The predicted octanol–water partition coefficient (Wildman–Crippen LogP) is 1.35. The molecule has 1 spiro atoms. The normalized spacial score (nSPS) is 28.4. The van der Waals surface area contributed by atoms with Crippen molar-refractivity contribution in [1.29, 1.82) is 5.26 Å². The van der Waals surface area contributed by atoms with Gasteiger partial charge in [0.2, 0.25) is 5.91 Å². The van der Waals surface area contributed by atoms with Crippen LogP contribution in [0.1, 0.15) is 38.5 Å². The lowest BCUT2D eigenvalue weighted by Crippen LogP contribution is -2.28. The average Bonchev–Trinajstić information content (AvgIpc) is 2.56. The largest absolute Gasteiger partial charge is 0.352 e. The molecule has 0 saturated heterocycles. The smallest absolute Gasteiger partial charge is 0.234 e. The first-order valence-corrected chi connectivity index (χ1v) is 4.93. The zero-order valence-electron chi connectivity index (χ0n) is 7.68. The molecule has 2 aliphatic carbocycles. The third-order valence-corrected chi connectivity index (χ3v) is 3.36. The Balaban J connectivity index is 1.80. The molecule has 1 atom stereocenters. The Kier molecular flexibility index (Phi) is 1.99. The highest BCUT2D eigenvalue weighted by Crippen LogP contribution is 2.57. The summed E-state index contributed by atoms with van der Waals surface area (Å²) in [6.45, 7) is 0. The fourth-order valence-electron chi connectivity index (χ4n) is 2.50. The topological polar surface area (TPSA) is 52.9 Å². The average molecular weight is 178 g/mol. The Hall–Kier alpha value is -1.04. The van der Waals surface area contributed by atoms with Gasteiger partial charge < -0.3 is 5.32 Å². The molecule has 2 aliphatic rings. The number of carbonyl (C=O) groups is 1. The molecule has 1 unspecified atom stereocenters. The summed E-state index contributed by atoms with van der Waals surface area (Å²) >= 11 is 0. The molecule has 70 valence electrons. The molecule has 0 aromatic carbocycles. The Morgan fingerprint density at radius 2 is 2.23 bits per heavy atom. The molecule has 0 aliphatic heterocycles. The van der Waals surface area contributed by atoms with Gasteiger partial charge in [0.1, 0.15) is 6.42 Å². The molecule has 13 heavy (non-hydrogen) atoms. The van der Waals surface area contributed by atoms with Crippen LogP contribution in [0.5, 0.6) is 0 Å². The SMILES string of the molecule is N#CCC(=O)NC1CC12CCCC2. The Morgan fingerprint density at radius 3 is 2.85 bits per heavy atom. The molecule has 0 aromatic heterocycles. The first kappa shape index (κ1) is 8.55. The summed E-state index contributed by atoms with van der Waals surface area (Å²) in [5.41, 5.74) is 0.450. The minimum absolute atomic E-state index is 0.00653. The first-order chi connectivity index (χ1) is 6.27. The van der Waals surface area contributed by atoms with Crippen molar-refractivity contribution in [3.8, 4) is 6.07 Å². The number of amides is 1. The molecule has 1 amide bonds. The van der Waals surface area contributed by atoms with Crippen LogP contribution in [-0.2, 0) is 4.79 Å². The van der Waals surface area contributed by atoms with E-state index in [9.17, 15) is 4.79 Å². The summed E-state index contributed by atoms with van der Waals surface area (Å²) in [7, 11) is 0. The molecule has 2 saturated carbocycles. The van der Waals surface area contributed by atoms with Crippen LogP contribution in [0.15, 0.2) is 0 Å². The molecule has 3 heteroatoms. The number of nitrogens with zero attached hydrogens (tertiary/aromatic N) is 1. The van der Waals surface area contributed by atoms with E-state index in [4.69, 9.17) is 5.26 Å². The van der Waals surface area contributed by atoms with Crippen molar-refractivity contribution in [2.45, 2.75) is 44.6 Å². The Bertz CT molecular complexity index is 261. The number of nitriles is 1. The Morgan fingerprint density at radius 1 is 1.54 bits per heavy atom. The van der Waals surface area contributed by atoms with E-state index in [1.165, 1.54) is 25.7 Å². The number of nitrogens with one attached hydrogen (secondary N) is 1. The summed E-state index contributed by atoms with van der Waals surface area (Å²) in [5, 5.41) is 11.2. The van der Waals surface area contributed by atoms with Crippen molar-refractivity contribution in [3.63, 3.8) is 0 Å². The van der Waals surface area contributed by atoms with Gasteiger partial charge in [0, 0.05) is 6.04 Å². The van der Waals surface area contributed by atoms with Crippen molar-refractivity contribution in [3.05, 3.63) is 0 Å². The Labute approximate surface area is 78.1 Å².